The lowest BCUT2D eigenvalue weighted by atomic mass is 10.0. The zero-order valence-corrected chi connectivity index (χ0v) is 16.8. The van der Waals surface area contributed by atoms with E-state index in [1.165, 1.54) is 22.2 Å². The number of rotatable bonds is 5. The average Bonchev–Trinajstić information content (AvgIpc) is 3.04. The first-order chi connectivity index (χ1) is 12.2. The highest BCUT2D eigenvalue weighted by molar-refractivity contribution is 7.89. The van der Waals surface area contributed by atoms with Crippen molar-refractivity contribution in [2.24, 2.45) is 0 Å². The second kappa shape index (κ2) is 6.94. The first-order valence-corrected chi connectivity index (χ1v) is 10.6. The molecule has 0 saturated carbocycles. The summed E-state index contributed by atoms with van der Waals surface area (Å²) in [5.41, 5.74) is 3.22. The lowest BCUT2D eigenvalue weighted by molar-refractivity contribution is 0.568. The van der Waals surface area contributed by atoms with Crippen molar-refractivity contribution in [2.45, 2.75) is 39.1 Å². The van der Waals surface area contributed by atoms with Crippen molar-refractivity contribution in [2.75, 3.05) is 6.54 Å². The fraction of sp³-hybridized carbons (Fsp3) is 0.333. The second-order valence-corrected chi connectivity index (χ2v) is 8.97. The minimum atomic E-state index is -3.67. The van der Waals surface area contributed by atoms with Gasteiger partial charge in [-0.25, -0.2) is 18.1 Å². The number of hydrogen-bond acceptors (Lipinski definition) is 5. The van der Waals surface area contributed by atoms with E-state index in [-0.39, 0.29) is 18.6 Å². The van der Waals surface area contributed by atoms with Gasteiger partial charge in [-0.05, 0) is 61.4 Å². The van der Waals surface area contributed by atoms with Crippen LogP contribution in [0, 0.1) is 27.7 Å². The topological polar surface area (TPSA) is 81.1 Å². The van der Waals surface area contributed by atoms with Gasteiger partial charge in [0.15, 0.2) is 0 Å². The Labute approximate surface area is 156 Å². The molecule has 0 radical (unpaired) electrons. The summed E-state index contributed by atoms with van der Waals surface area (Å²) in [6.45, 7) is 7.78. The van der Waals surface area contributed by atoms with Gasteiger partial charge in [-0.2, -0.15) is 0 Å². The number of thiophene rings is 1. The molecule has 3 rings (SSSR count). The molecule has 2 aromatic heterocycles. The Balaban J connectivity index is 1.83. The molecule has 0 bridgehead atoms. The number of sulfonamides is 1. The predicted octanol–water partition coefficient (Wildman–Crippen LogP) is 2.67. The number of aryl methyl sites for hydroxylation is 2. The van der Waals surface area contributed by atoms with Crippen LogP contribution in [0.2, 0.25) is 0 Å². The maximum Gasteiger partial charge on any atom is 0.262 e. The molecule has 8 heteroatoms. The largest absolute Gasteiger partial charge is 0.297 e. The van der Waals surface area contributed by atoms with Gasteiger partial charge in [-0.15, -0.1) is 11.3 Å². The van der Waals surface area contributed by atoms with E-state index in [9.17, 15) is 13.2 Å². The molecule has 1 aromatic carbocycles. The van der Waals surface area contributed by atoms with Crippen molar-refractivity contribution < 1.29 is 8.42 Å². The van der Waals surface area contributed by atoms with Gasteiger partial charge in [-0.1, -0.05) is 6.07 Å². The van der Waals surface area contributed by atoms with E-state index in [0.717, 1.165) is 22.3 Å². The van der Waals surface area contributed by atoms with Crippen molar-refractivity contribution in [1.29, 1.82) is 0 Å². The van der Waals surface area contributed by atoms with E-state index >= 15 is 0 Å². The van der Waals surface area contributed by atoms with Crippen LogP contribution >= 0.6 is 11.3 Å². The van der Waals surface area contributed by atoms with Gasteiger partial charge < -0.3 is 0 Å². The zero-order valence-electron chi connectivity index (χ0n) is 15.2. The van der Waals surface area contributed by atoms with Gasteiger partial charge in [0.25, 0.3) is 5.56 Å². The third-order valence-electron chi connectivity index (χ3n) is 4.66. The summed E-state index contributed by atoms with van der Waals surface area (Å²) in [6, 6.07) is 3.73. The smallest absolute Gasteiger partial charge is 0.262 e. The van der Waals surface area contributed by atoms with Gasteiger partial charge >= 0.3 is 0 Å². The summed E-state index contributed by atoms with van der Waals surface area (Å²) in [5.74, 6) is 0. The molecule has 6 nitrogen and oxygen atoms in total. The van der Waals surface area contributed by atoms with E-state index in [1.807, 2.05) is 39.1 Å². The monoisotopic (exact) mass is 391 g/mol. The maximum atomic E-state index is 12.8. The lowest BCUT2D eigenvalue weighted by Crippen LogP contribution is -2.31. The first-order valence-electron chi connectivity index (χ1n) is 8.22. The number of fused-ring (bicyclic) bond motifs is 1. The summed E-state index contributed by atoms with van der Waals surface area (Å²) < 4.78 is 29.7. The number of nitrogens with one attached hydrogen (secondary N) is 1. The van der Waals surface area contributed by atoms with Gasteiger partial charge in [-0.3, -0.25) is 9.36 Å². The molecular formula is C18H21N3O3S2. The molecule has 0 aliphatic rings. The Morgan fingerprint density at radius 1 is 1.15 bits per heavy atom. The second-order valence-electron chi connectivity index (χ2n) is 6.37. The quantitative estimate of drug-likeness (QED) is 0.725. The van der Waals surface area contributed by atoms with Crippen LogP contribution in [0.25, 0.3) is 10.2 Å². The van der Waals surface area contributed by atoms with Crippen molar-refractivity contribution in [3.63, 3.8) is 0 Å². The van der Waals surface area contributed by atoms with Crippen LogP contribution in [-0.2, 0) is 16.6 Å². The number of aromatic nitrogens is 2. The third kappa shape index (κ3) is 3.32. The van der Waals surface area contributed by atoms with Gasteiger partial charge in [0, 0.05) is 13.1 Å². The molecule has 1 N–H and O–H groups in total. The van der Waals surface area contributed by atoms with Crippen LogP contribution in [0.4, 0.5) is 0 Å². The highest BCUT2D eigenvalue weighted by atomic mass is 32.2. The molecule has 2 heterocycles. The predicted molar refractivity (Wildman–Crippen MR) is 104 cm³/mol. The van der Waals surface area contributed by atoms with Crippen LogP contribution in [0.1, 0.15) is 22.3 Å². The van der Waals surface area contributed by atoms with Gasteiger partial charge in [0.2, 0.25) is 10.0 Å². The van der Waals surface area contributed by atoms with E-state index in [2.05, 4.69) is 9.71 Å². The van der Waals surface area contributed by atoms with E-state index in [0.29, 0.717) is 15.1 Å². The average molecular weight is 392 g/mol. The zero-order chi connectivity index (χ0) is 19.1. The molecule has 0 fully saturated rings. The Hall–Kier alpha value is -2.03. The van der Waals surface area contributed by atoms with Gasteiger partial charge in [0.1, 0.15) is 4.83 Å². The lowest BCUT2D eigenvalue weighted by Gasteiger charge is -2.16. The van der Waals surface area contributed by atoms with Crippen LogP contribution in [0.3, 0.4) is 0 Å². The van der Waals surface area contributed by atoms with Crippen molar-refractivity contribution in [3.8, 4) is 0 Å². The molecule has 26 heavy (non-hydrogen) atoms. The number of nitrogens with zero attached hydrogens (tertiary/aromatic N) is 2. The Bertz CT molecular complexity index is 1120. The Morgan fingerprint density at radius 3 is 2.46 bits per heavy atom. The fourth-order valence-corrected chi connectivity index (χ4v) is 5.36. The number of hydrogen-bond donors (Lipinski definition) is 1. The molecule has 3 aromatic rings. The normalized spacial score (nSPS) is 12.0. The fourth-order valence-electron chi connectivity index (χ4n) is 3.01. The van der Waals surface area contributed by atoms with Gasteiger partial charge in [0.05, 0.1) is 16.6 Å². The molecule has 0 saturated heterocycles. The summed E-state index contributed by atoms with van der Waals surface area (Å²) in [6.07, 6.45) is 1.46. The Kier molecular flexibility index (Phi) is 5.01. The minimum absolute atomic E-state index is 0.117. The molecule has 0 spiro atoms. The van der Waals surface area contributed by atoms with E-state index in [4.69, 9.17) is 0 Å². The van der Waals surface area contributed by atoms with Crippen LogP contribution in [-0.4, -0.2) is 24.5 Å². The van der Waals surface area contributed by atoms with Crippen molar-refractivity contribution >= 4 is 31.6 Å². The summed E-state index contributed by atoms with van der Waals surface area (Å²) in [4.78, 5) is 17.6. The highest BCUT2D eigenvalue weighted by Crippen LogP contribution is 2.25. The highest BCUT2D eigenvalue weighted by Gasteiger charge is 2.21. The summed E-state index contributed by atoms with van der Waals surface area (Å²) in [7, 11) is -3.67. The molecule has 0 unspecified atom stereocenters. The van der Waals surface area contributed by atoms with E-state index in [1.54, 1.807) is 6.07 Å². The molecular weight excluding hydrogens is 370 g/mol. The Morgan fingerprint density at radius 2 is 1.81 bits per heavy atom. The molecule has 0 aliphatic heterocycles. The first kappa shape index (κ1) is 18.8. The van der Waals surface area contributed by atoms with E-state index < -0.39 is 10.0 Å². The van der Waals surface area contributed by atoms with Crippen LogP contribution in [0.5, 0.6) is 0 Å². The molecule has 0 amide bonds. The SMILES string of the molecule is Cc1cc(C)c(C)c(S(=O)(=O)NCCn2cnc3sccc3c2=O)c1C. The molecule has 138 valence electrons. The summed E-state index contributed by atoms with van der Waals surface area (Å²) in [5, 5.41) is 2.37. The standard InChI is InChI=1S/C18H21N3O3S2/c1-11-9-12(2)14(4)16(13(11)3)26(23,24)20-6-7-21-10-19-17-15(18(21)22)5-8-25-17/h5,8-10,20H,6-7H2,1-4H3. The number of benzene rings is 1. The maximum absolute atomic E-state index is 12.8. The summed E-state index contributed by atoms with van der Waals surface area (Å²) >= 11 is 1.41. The van der Waals surface area contributed by atoms with Crippen LogP contribution < -0.4 is 10.3 Å². The van der Waals surface area contributed by atoms with Crippen molar-refractivity contribution in [3.05, 3.63) is 56.4 Å². The molecule has 0 atom stereocenters. The molecule has 0 aliphatic carbocycles. The van der Waals surface area contributed by atoms with Crippen LogP contribution in [0.15, 0.2) is 33.5 Å². The van der Waals surface area contributed by atoms with Crippen molar-refractivity contribution in [1.82, 2.24) is 14.3 Å². The minimum Gasteiger partial charge on any atom is -0.297 e. The third-order valence-corrected chi connectivity index (χ3v) is 7.22.